The van der Waals surface area contributed by atoms with Gasteiger partial charge in [0.1, 0.15) is 5.75 Å². The molecule has 146 valence electrons. The number of rotatable bonds is 3. The Labute approximate surface area is 169 Å². The van der Waals surface area contributed by atoms with E-state index in [0.717, 1.165) is 39.5 Å². The van der Waals surface area contributed by atoms with Crippen molar-refractivity contribution in [2.75, 3.05) is 7.11 Å². The topological polar surface area (TPSA) is 54.3 Å². The van der Waals surface area contributed by atoms with E-state index >= 15 is 0 Å². The van der Waals surface area contributed by atoms with Gasteiger partial charge in [-0.25, -0.2) is 5.01 Å². The molecule has 0 saturated heterocycles. The van der Waals surface area contributed by atoms with Crippen LogP contribution in [0.3, 0.4) is 0 Å². The van der Waals surface area contributed by atoms with Crippen molar-refractivity contribution in [1.29, 1.82) is 0 Å². The van der Waals surface area contributed by atoms with Gasteiger partial charge in [-0.1, -0.05) is 54.1 Å². The Hall–Kier alpha value is -3.47. The fourth-order valence-corrected chi connectivity index (χ4v) is 4.13. The third kappa shape index (κ3) is 2.90. The van der Waals surface area contributed by atoms with E-state index in [4.69, 9.17) is 14.6 Å². The minimum absolute atomic E-state index is 0.00830. The number of benzene rings is 3. The number of aryl methyl sites for hydroxylation is 1. The standard InChI is InChI=1S/C24H22N2O3/c1-15-11-12-21(27)18(13-15)19-14-20-17-9-6-10-22(28-2)23(17)29-24(26(20)25-19)16-7-4-3-5-8-16/h3-13,20,24,27H,14H2,1-2H3. The minimum atomic E-state index is -0.366. The molecule has 3 aromatic rings. The van der Waals surface area contributed by atoms with Gasteiger partial charge in [-0.2, -0.15) is 5.10 Å². The summed E-state index contributed by atoms with van der Waals surface area (Å²) >= 11 is 0. The van der Waals surface area contributed by atoms with Crippen LogP contribution in [0.4, 0.5) is 0 Å². The Morgan fingerprint density at radius 2 is 1.90 bits per heavy atom. The van der Waals surface area contributed by atoms with Crippen LogP contribution in [-0.2, 0) is 0 Å². The Bertz CT molecular complexity index is 1090. The quantitative estimate of drug-likeness (QED) is 0.692. The van der Waals surface area contributed by atoms with E-state index in [9.17, 15) is 5.11 Å². The highest BCUT2D eigenvalue weighted by Crippen LogP contribution is 2.50. The molecule has 0 spiro atoms. The van der Waals surface area contributed by atoms with Crippen molar-refractivity contribution >= 4 is 5.71 Å². The molecule has 29 heavy (non-hydrogen) atoms. The van der Waals surface area contributed by atoms with Crippen LogP contribution in [0.2, 0.25) is 0 Å². The van der Waals surface area contributed by atoms with E-state index in [1.165, 1.54) is 0 Å². The summed E-state index contributed by atoms with van der Waals surface area (Å²) in [5.41, 5.74) is 4.78. The van der Waals surface area contributed by atoms with Crippen molar-refractivity contribution in [2.45, 2.75) is 25.6 Å². The maximum absolute atomic E-state index is 10.4. The van der Waals surface area contributed by atoms with E-state index < -0.39 is 0 Å². The zero-order valence-electron chi connectivity index (χ0n) is 16.4. The number of para-hydroxylation sites is 1. The number of aromatic hydroxyl groups is 1. The van der Waals surface area contributed by atoms with E-state index in [2.05, 4.69) is 6.07 Å². The summed E-state index contributed by atoms with van der Waals surface area (Å²) in [6.45, 7) is 2.02. The van der Waals surface area contributed by atoms with Gasteiger partial charge < -0.3 is 14.6 Å². The lowest BCUT2D eigenvalue weighted by molar-refractivity contribution is -0.0209. The number of phenols is 1. The van der Waals surface area contributed by atoms with Gasteiger partial charge in [-0.05, 0) is 25.1 Å². The molecular formula is C24H22N2O3. The summed E-state index contributed by atoms with van der Waals surface area (Å²) in [7, 11) is 1.66. The first kappa shape index (κ1) is 17.6. The number of hydrazone groups is 1. The van der Waals surface area contributed by atoms with Gasteiger partial charge >= 0.3 is 0 Å². The first-order valence-corrected chi connectivity index (χ1v) is 9.70. The Morgan fingerprint density at radius 3 is 2.69 bits per heavy atom. The number of nitrogens with zero attached hydrogens (tertiary/aromatic N) is 2. The molecule has 0 aromatic heterocycles. The molecule has 2 aliphatic rings. The molecule has 2 aliphatic heterocycles. The van der Waals surface area contributed by atoms with Gasteiger partial charge in [0, 0.05) is 23.1 Å². The predicted octanol–water partition coefficient (Wildman–Crippen LogP) is 4.95. The second-order valence-corrected chi connectivity index (χ2v) is 7.43. The average Bonchev–Trinajstić information content (AvgIpc) is 3.20. The van der Waals surface area contributed by atoms with Crippen LogP contribution in [0.5, 0.6) is 17.2 Å². The Kier molecular flexibility index (Phi) is 4.16. The second kappa shape index (κ2) is 6.85. The number of ether oxygens (including phenoxy) is 2. The molecular weight excluding hydrogens is 364 g/mol. The summed E-state index contributed by atoms with van der Waals surface area (Å²) in [6.07, 6.45) is 0.318. The lowest BCUT2D eigenvalue weighted by Gasteiger charge is -2.38. The zero-order valence-corrected chi connectivity index (χ0v) is 16.4. The minimum Gasteiger partial charge on any atom is -0.507 e. The van der Waals surface area contributed by atoms with Crippen LogP contribution in [-0.4, -0.2) is 22.9 Å². The molecule has 3 aromatic carbocycles. The first-order valence-electron chi connectivity index (χ1n) is 9.70. The smallest absolute Gasteiger partial charge is 0.214 e. The largest absolute Gasteiger partial charge is 0.507 e. The van der Waals surface area contributed by atoms with Crippen molar-refractivity contribution in [2.24, 2.45) is 5.10 Å². The molecule has 2 atom stereocenters. The lowest BCUT2D eigenvalue weighted by atomic mass is 9.94. The van der Waals surface area contributed by atoms with E-state index in [1.807, 2.05) is 66.5 Å². The van der Waals surface area contributed by atoms with Gasteiger partial charge in [0.2, 0.25) is 6.23 Å². The Balaban J connectivity index is 1.64. The predicted molar refractivity (Wildman–Crippen MR) is 111 cm³/mol. The SMILES string of the molecule is COc1cccc2c1OC(c1ccccc1)N1N=C(c3cc(C)ccc3O)CC21. The molecule has 2 heterocycles. The summed E-state index contributed by atoms with van der Waals surface area (Å²) in [5.74, 6) is 1.72. The highest BCUT2D eigenvalue weighted by molar-refractivity contribution is 6.04. The molecule has 5 heteroatoms. The third-order valence-electron chi connectivity index (χ3n) is 5.55. The van der Waals surface area contributed by atoms with Gasteiger partial charge in [-0.15, -0.1) is 0 Å². The zero-order chi connectivity index (χ0) is 20.0. The van der Waals surface area contributed by atoms with Crippen LogP contribution in [0.1, 0.15) is 40.9 Å². The summed E-state index contributed by atoms with van der Waals surface area (Å²) in [4.78, 5) is 0. The highest BCUT2D eigenvalue weighted by atomic mass is 16.5. The number of phenolic OH excluding ortho intramolecular Hbond substituents is 1. The number of methoxy groups -OCH3 is 1. The number of hydrogen-bond acceptors (Lipinski definition) is 5. The van der Waals surface area contributed by atoms with Gasteiger partial charge in [0.05, 0.1) is 18.9 Å². The maximum atomic E-state index is 10.4. The van der Waals surface area contributed by atoms with E-state index in [0.29, 0.717) is 6.42 Å². The van der Waals surface area contributed by atoms with Crippen molar-refractivity contribution in [3.63, 3.8) is 0 Å². The van der Waals surface area contributed by atoms with E-state index in [1.54, 1.807) is 13.2 Å². The van der Waals surface area contributed by atoms with Crippen molar-refractivity contribution in [3.8, 4) is 17.2 Å². The molecule has 5 nitrogen and oxygen atoms in total. The molecule has 5 rings (SSSR count). The highest BCUT2D eigenvalue weighted by Gasteiger charge is 2.42. The van der Waals surface area contributed by atoms with Gasteiger partial charge in [0.15, 0.2) is 11.5 Å². The van der Waals surface area contributed by atoms with Crippen molar-refractivity contribution in [3.05, 3.63) is 89.0 Å². The van der Waals surface area contributed by atoms with Crippen LogP contribution in [0.15, 0.2) is 71.8 Å². The summed E-state index contributed by atoms with van der Waals surface area (Å²) in [5, 5.41) is 17.4. The maximum Gasteiger partial charge on any atom is 0.214 e. The van der Waals surface area contributed by atoms with Crippen LogP contribution in [0, 0.1) is 6.92 Å². The Morgan fingerprint density at radius 1 is 1.07 bits per heavy atom. The molecule has 0 bridgehead atoms. The first-order chi connectivity index (χ1) is 14.2. The van der Waals surface area contributed by atoms with Gasteiger partial charge in [-0.3, -0.25) is 0 Å². The monoisotopic (exact) mass is 386 g/mol. The molecule has 0 aliphatic carbocycles. The normalized spacial score (nSPS) is 19.8. The molecule has 0 fully saturated rings. The molecule has 2 unspecified atom stereocenters. The summed E-state index contributed by atoms with van der Waals surface area (Å²) in [6, 6.07) is 21.6. The van der Waals surface area contributed by atoms with Crippen molar-refractivity contribution in [1.82, 2.24) is 5.01 Å². The fourth-order valence-electron chi connectivity index (χ4n) is 4.13. The number of hydrogen-bond donors (Lipinski definition) is 1. The molecule has 0 radical (unpaired) electrons. The second-order valence-electron chi connectivity index (χ2n) is 7.43. The van der Waals surface area contributed by atoms with Gasteiger partial charge in [0.25, 0.3) is 0 Å². The third-order valence-corrected chi connectivity index (χ3v) is 5.55. The van der Waals surface area contributed by atoms with Crippen LogP contribution < -0.4 is 9.47 Å². The average molecular weight is 386 g/mol. The summed E-state index contributed by atoms with van der Waals surface area (Å²) < 4.78 is 12.0. The fraction of sp³-hybridized carbons (Fsp3) is 0.208. The number of fused-ring (bicyclic) bond motifs is 3. The van der Waals surface area contributed by atoms with Crippen molar-refractivity contribution < 1.29 is 14.6 Å². The van der Waals surface area contributed by atoms with Crippen LogP contribution >= 0.6 is 0 Å². The molecule has 1 N–H and O–H groups in total. The molecule has 0 saturated carbocycles. The molecule has 0 amide bonds. The lowest BCUT2D eigenvalue weighted by Crippen LogP contribution is -2.33. The van der Waals surface area contributed by atoms with E-state index in [-0.39, 0.29) is 18.0 Å². The van der Waals surface area contributed by atoms with Crippen LogP contribution in [0.25, 0.3) is 0 Å².